The van der Waals surface area contributed by atoms with Crippen molar-refractivity contribution in [2.45, 2.75) is 20.4 Å². The first-order chi connectivity index (χ1) is 9.24. The summed E-state index contributed by atoms with van der Waals surface area (Å²) in [7, 11) is 2.17. The summed E-state index contributed by atoms with van der Waals surface area (Å²) in [6.07, 6.45) is 3.62. The van der Waals surface area contributed by atoms with E-state index in [9.17, 15) is 0 Å². The van der Waals surface area contributed by atoms with Gasteiger partial charge in [-0.2, -0.15) is 5.10 Å². The molecule has 0 bridgehead atoms. The second kappa shape index (κ2) is 7.92. The van der Waals surface area contributed by atoms with Gasteiger partial charge in [-0.05, 0) is 13.1 Å². The molecule has 106 valence electrons. The second-order valence-corrected chi connectivity index (χ2v) is 4.49. The largest absolute Gasteiger partial charge is 0.304 e. The van der Waals surface area contributed by atoms with Gasteiger partial charge >= 0.3 is 0 Å². The number of piperazine rings is 1. The van der Waals surface area contributed by atoms with Gasteiger partial charge in [0.15, 0.2) is 0 Å². The maximum absolute atomic E-state index is 4.23. The third-order valence-corrected chi connectivity index (χ3v) is 3.29. The van der Waals surface area contributed by atoms with Gasteiger partial charge in [-0.1, -0.05) is 33.1 Å². The molecule has 0 aliphatic carbocycles. The molecule has 4 heteroatoms. The highest BCUT2D eigenvalue weighted by molar-refractivity contribution is 5.62. The topological polar surface area (TPSA) is 35.2 Å². The van der Waals surface area contributed by atoms with Crippen LogP contribution in [0.2, 0.25) is 0 Å². The van der Waals surface area contributed by atoms with Crippen molar-refractivity contribution < 1.29 is 0 Å². The third-order valence-electron chi connectivity index (χ3n) is 3.29. The van der Waals surface area contributed by atoms with Crippen molar-refractivity contribution in [3.05, 3.63) is 30.1 Å². The van der Waals surface area contributed by atoms with Crippen LogP contribution in [0.25, 0.3) is 12.2 Å². The van der Waals surface area contributed by atoms with E-state index in [0.717, 1.165) is 49.7 Å². The van der Waals surface area contributed by atoms with E-state index in [0.29, 0.717) is 0 Å². The molecule has 19 heavy (non-hydrogen) atoms. The Morgan fingerprint density at radius 1 is 1.16 bits per heavy atom. The van der Waals surface area contributed by atoms with Crippen LogP contribution in [0.15, 0.2) is 13.2 Å². The predicted octanol–water partition coefficient (Wildman–Crippen LogP) is 2.47. The highest BCUT2D eigenvalue weighted by Gasteiger charge is 2.16. The fraction of sp³-hybridized carbons (Fsp3) is 0.533. The Morgan fingerprint density at radius 3 is 2.32 bits per heavy atom. The maximum atomic E-state index is 4.23. The number of aromatic amines is 1. The van der Waals surface area contributed by atoms with E-state index < -0.39 is 0 Å². The van der Waals surface area contributed by atoms with Crippen LogP contribution < -0.4 is 0 Å². The van der Waals surface area contributed by atoms with E-state index in [1.54, 1.807) is 6.08 Å². The molecule has 0 atom stereocenters. The number of aromatic nitrogens is 2. The van der Waals surface area contributed by atoms with Gasteiger partial charge in [0.25, 0.3) is 0 Å². The number of nitrogens with zero attached hydrogens (tertiary/aromatic N) is 3. The molecule has 1 fully saturated rings. The molecule has 4 nitrogen and oxygen atoms in total. The average molecular weight is 262 g/mol. The summed E-state index contributed by atoms with van der Waals surface area (Å²) in [5.41, 5.74) is 3.11. The molecular weight excluding hydrogens is 236 g/mol. The molecule has 2 rings (SSSR count). The quantitative estimate of drug-likeness (QED) is 0.905. The SMILES string of the molecule is C=Cc1n[nH]c(CN2CCN(C)CC2)c1C=C.CC. The highest BCUT2D eigenvalue weighted by atomic mass is 15.3. The van der Waals surface area contributed by atoms with Crippen LogP contribution in [0.1, 0.15) is 30.8 Å². The van der Waals surface area contributed by atoms with Gasteiger partial charge in [-0.3, -0.25) is 10.00 Å². The van der Waals surface area contributed by atoms with Gasteiger partial charge in [0.1, 0.15) is 0 Å². The Bertz CT molecular complexity index is 400. The summed E-state index contributed by atoms with van der Waals surface area (Å²) in [6.45, 7) is 17.0. The standard InChI is InChI=1S/C13H20N4.C2H6/c1-4-11-12(5-2)14-15-13(11)10-17-8-6-16(3)7-9-17;1-2/h4-5H,1-2,6-10H2,3H3,(H,14,15);1-2H3. The Hall–Kier alpha value is -1.39. The molecule has 2 heterocycles. The average Bonchev–Trinajstić information content (AvgIpc) is 2.85. The Kier molecular flexibility index (Phi) is 6.53. The maximum Gasteiger partial charge on any atom is 0.0918 e. The molecule has 0 unspecified atom stereocenters. The van der Waals surface area contributed by atoms with Crippen LogP contribution in [-0.4, -0.2) is 53.2 Å². The van der Waals surface area contributed by atoms with E-state index in [1.165, 1.54) is 0 Å². The lowest BCUT2D eigenvalue weighted by atomic mass is 10.1. The van der Waals surface area contributed by atoms with Gasteiger partial charge in [-0.25, -0.2) is 0 Å². The zero-order valence-electron chi connectivity index (χ0n) is 12.4. The zero-order chi connectivity index (χ0) is 14.3. The lowest BCUT2D eigenvalue weighted by Crippen LogP contribution is -2.44. The summed E-state index contributed by atoms with van der Waals surface area (Å²) in [5.74, 6) is 0. The second-order valence-electron chi connectivity index (χ2n) is 4.49. The summed E-state index contributed by atoms with van der Waals surface area (Å²) in [4.78, 5) is 4.79. The number of H-pyrrole nitrogens is 1. The van der Waals surface area contributed by atoms with Crippen LogP contribution in [0.4, 0.5) is 0 Å². The predicted molar refractivity (Wildman–Crippen MR) is 82.9 cm³/mol. The lowest BCUT2D eigenvalue weighted by Gasteiger charge is -2.32. The van der Waals surface area contributed by atoms with Crippen molar-refractivity contribution in [3.8, 4) is 0 Å². The summed E-state index contributed by atoms with van der Waals surface area (Å²) in [5, 5.41) is 7.32. The molecule has 0 radical (unpaired) electrons. The molecule has 1 aliphatic heterocycles. The fourth-order valence-electron chi connectivity index (χ4n) is 2.14. The molecule has 0 saturated carbocycles. The lowest BCUT2D eigenvalue weighted by molar-refractivity contribution is 0.147. The van der Waals surface area contributed by atoms with Crippen LogP contribution in [0.5, 0.6) is 0 Å². The monoisotopic (exact) mass is 262 g/mol. The van der Waals surface area contributed by atoms with Crippen molar-refractivity contribution >= 4 is 12.2 Å². The normalized spacial score (nSPS) is 16.6. The summed E-state index contributed by atoms with van der Waals surface area (Å²) >= 11 is 0. The first kappa shape index (κ1) is 15.7. The van der Waals surface area contributed by atoms with Crippen LogP contribution in [0, 0.1) is 0 Å². The van der Waals surface area contributed by atoms with E-state index in [1.807, 2.05) is 19.9 Å². The van der Waals surface area contributed by atoms with Gasteiger partial charge in [0.2, 0.25) is 0 Å². The van der Waals surface area contributed by atoms with Gasteiger partial charge in [0, 0.05) is 38.3 Å². The number of hydrogen-bond donors (Lipinski definition) is 1. The molecule has 1 saturated heterocycles. The van der Waals surface area contributed by atoms with E-state index in [-0.39, 0.29) is 0 Å². The van der Waals surface area contributed by atoms with Crippen LogP contribution in [0.3, 0.4) is 0 Å². The van der Waals surface area contributed by atoms with Gasteiger partial charge in [-0.15, -0.1) is 0 Å². The Balaban J connectivity index is 0.000000861. The molecule has 0 amide bonds. The smallest absolute Gasteiger partial charge is 0.0918 e. The summed E-state index contributed by atoms with van der Waals surface area (Å²) < 4.78 is 0. The minimum atomic E-state index is 0.893. The van der Waals surface area contributed by atoms with Crippen molar-refractivity contribution in [3.63, 3.8) is 0 Å². The Morgan fingerprint density at radius 2 is 1.79 bits per heavy atom. The van der Waals surface area contributed by atoms with E-state index >= 15 is 0 Å². The molecule has 1 N–H and O–H groups in total. The number of nitrogens with one attached hydrogen (secondary N) is 1. The number of rotatable bonds is 4. The van der Waals surface area contributed by atoms with E-state index in [4.69, 9.17) is 0 Å². The van der Waals surface area contributed by atoms with Crippen molar-refractivity contribution in [1.82, 2.24) is 20.0 Å². The van der Waals surface area contributed by atoms with Crippen LogP contribution >= 0.6 is 0 Å². The zero-order valence-corrected chi connectivity index (χ0v) is 12.4. The first-order valence-electron chi connectivity index (χ1n) is 6.97. The number of hydrogen-bond acceptors (Lipinski definition) is 3. The molecule has 1 aliphatic rings. The van der Waals surface area contributed by atoms with Crippen molar-refractivity contribution in [1.29, 1.82) is 0 Å². The van der Waals surface area contributed by atoms with E-state index in [2.05, 4.69) is 40.2 Å². The fourth-order valence-corrected chi connectivity index (χ4v) is 2.14. The minimum absolute atomic E-state index is 0.893. The molecule has 0 spiro atoms. The van der Waals surface area contributed by atoms with Crippen molar-refractivity contribution in [2.75, 3.05) is 33.2 Å². The first-order valence-corrected chi connectivity index (χ1v) is 6.97. The minimum Gasteiger partial charge on any atom is -0.304 e. The van der Waals surface area contributed by atoms with Crippen LogP contribution in [-0.2, 0) is 6.54 Å². The molecule has 1 aromatic heterocycles. The summed E-state index contributed by atoms with van der Waals surface area (Å²) in [6, 6.07) is 0. The highest BCUT2D eigenvalue weighted by Crippen LogP contribution is 2.16. The molecular formula is C15H26N4. The van der Waals surface area contributed by atoms with Crippen molar-refractivity contribution in [2.24, 2.45) is 0 Å². The molecule has 0 aromatic carbocycles. The number of likely N-dealkylation sites (N-methyl/N-ethyl adjacent to an activating group) is 1. The Labute approximate surface area is 116 Å². The van der Waals surface area contributed by atoms with Gasteiger partial charge in [0.05, 0.1) is 11.4 Å². The molecule has 1 aromatic rings. The third kappa shape index (κ3) is 4.04. The van der Waals surface area contributed by atoms with Gasteiger partial charge < -0.3 is 4.90 Å².